The third kappa shape index (κ3) is 7.78. The molecule has 2 N–H and O–H groups in total. The lowest BCUT2D eigenvalue weighted by molar-refractivity contribution is 0.0608. The van der Waals surface area contributed by atoms with Crippen LogP contribution in [0.2, 0.25) is 0 Å². The number of aliphatic hydroxyl groups is 1. The van der Waals surface area contributed by atoms with Crippen LogP contribution in [0.25, 0.3) is 0 Å². The number of β-amino-alcohol motifs (C(OH)–C–C–N with tert-alkyl or cyclic N) is 1. The Kier molecular flexibility index (Phi) is 9.54. The number of hydrogen-bond acceptors (Lipinski definition) is 6. The fourth-order valence-corrected chi connectivity index (χ4v) is 4.29. The van der Waals surface area contributed by atoms with Crippen molar-refractivity contribution in [2.45, 2.75) is 51.2 Å². The average Bonchev–Trinajstić information content (AvgIpc) is 3.26. The lowest BCUT2D eigenvalue weighted by Crippen LogP contribution is -2.38. The van der Waals surface area contributed by atoms with E-state index in [2.05, 4.69) is 21.2 Å². The molecule has 2 aliphatic heterocycles. The quantitative estimate of drug-likeness (QED) is 0.521. The molecule has 1 aromatic carbocycles. The first-order valence-electron chi connectivity index (χ1n) is 11.4. The number of nitrogens with one attached hydrogen (secondary N) is 1. The van der Waals surface area contributed by atoms with Crippen LogP contribution in [0.5, 0.6) is 11.5 Å². The molecule has 0 bridgehead atoms. The molecule has 0 unspecified atom stereocenters. The van der Waals surface area contributed by atoms with Crippen molar-refractivity contribution in [2.75, 3.05) is 59.5 Å². The lowest BCUT2D eigenvalue weighted by atomic mass is 10.1. The highest BCUT2D eigenvalue weighted by molar-refractivity contribution is 5.43. The Morgan fingerprint density at radius 3 is 2.48 bits per heavy atom. The minimum Gasteiger partial charge on any atom is -0.493 e. The molecular weight excluding hydrogens is 366 g/mol. The highest BCUT2D eigenvalue weighted by Gasteiger charge is 2.16. The minimum atomic E-state index is -0.481. The van der Waals surface area contributed by atoms with Gasteiger partial charge in [-0.2, -0.15) is 0 Å². The molecule has 2 aliphatic rings. The van der Waals surface area contributed by atoms with Crippen molar-refractivity contribution >= 4 is 0 Å². The predicted molar refractivity (Wildman–Crippen MR) is 117 cm³/mol. The van der Waals surface area contributed by atoms with Gasteiger partial charge in [-0.25, -0.2) is 0 Å². The summed E-state index contributed by atoms with van der Waals surface area (Å²) in [6.07, 6.45) is 7.18. The van der Waals surface area contributed by atoms with E-state index < -0.39 is 6.10 Å². The molecule has 0 spiro atoms. The first kappa shape index (κ1) is 22.3. The van der Waals surface area contributed by atoms with Gasteiger partial charge in [0.15, 0.2) is 11.5 Å². The predicted octanol–water partition coefficient (Wildman–Crippen LogP) is 2.50. The van der Waals surface area contributed by atoms with E-state index in [1.54, 1.807) is 7.11 Å². The maximum absolute atomic E-state index is 10.4. The second-order valence-electron chi connectivity index (χ2n) is 8.39. The maximum Gasteiger partial charge on any atom is 0.161 e. The van der Waals surface area contributed by atoms with Gasteiger partial charge in [-0.15, -0.1) is 0 Å². The zero-order valence-corrected chi connectivity index (χ0v) is 18.1. The first-order valence-corrected chi connectivity index (χ1v) is 11.4. The highest BCUT2D eigenvalue weighted by Crippen LogP contribution is 2.28. The summed E-state index contributed by atoms with van der Waals surface area (Å²) >= 11 is 0. The number of ether oxygens (including phenoxy) is 2. The zero-order valence-electron chi connectivity index (χ0n) is 18.1. The minimum absolute atomic E-state index is 0.291. The SMILES string of the molecule is COc1ccc(CNCCCN2CCCC2)cc1OC[C@@H](O)CN1CCCCC1. The van der Waals surface area contributed by atoms with Crippen LogP contribution in [0.3, 0.4) is 0 Å². The van der Waals surface area contributed by atoms with Gasteiger partial charge in [-0.3, -0.25) is 0 Å². The van der Waals surface area contributed by atoms with E-state index in [1.807, 2.05) is 12.1 Å². The van der Waals surface area contributed by atoms with Gasteiger partial charge >= 0.3 is 0 Å². The second kappa shape index (κ2) is 12.4. The number of aliphatic hydroxyl groups excluding tert-OH is 1. The van der Waals surface area contributed by atoms with Crippen molar-refractivity contribution in [3.63, 3.8) is 0 Å². The van der Waals surface area contributed by atoms with Gasteiger partial charge in [0.05, 0.1) is 7.11 Å². The van der Waals surface area contributed by atoms with Crippen molar-refractivity contribution in [3.05, 3.63) is 23.8 Å². The smallest absolute Gasteiger partial charge is 0.161 e. The summed E-state index contributed by atoms with van der Waals surface area (Å²) < 4.78 is 11.4. The summed E-state index contributed by atoms with van der Waals surface area (Å²) in [4.78, 5) is 4.88. The summed E-state index contributed by atoms with van der Waals surface area (Å²) in [5.41, 5.74) is 1.17. The first-order chi connectivity index (χ1) is 14.2. The fraction of sp³-hybridized carbons (Fsp3) is 0.739. The molecule has 6 nitrogen and oxygen atoms in total. The molecule has 2 heterocycles. The Balaban J connectivity index is 1.40. The van der Waals surface area contributed by atoms with E-state index in [1.165, 1.54) is 63.7 Å². The lowest BCUT2D eigenvalue weighted by Gasteiger charge is -2.28. The Morgan fingerprint density at radius 2 is 1.72 bits per heavy atom. The molecule has 164 valence electrons. The Hall–Kier alpha value is -1.34. The van der Waals surface area contributed by atoms with Crippen LogP contribution in [0.4, 0.5) is 0 Å². The Labute approximate surface area is 176 Å². The van der Waals surface area contributed by atoms with Gasteiger partial charge in [0.2, 0.25) is 0 Å². The highest BCUT2D eigenvalue weighted by atomic mass is 16.5. The van der Waals surface area contributed by atoms with Crippen molar-refractivity contribution in [1.29, 1.82) is 0 Å². The summed E-state index contributed by atoms with van der Waals surface area (Å²) in [5, 5.41) is 13.9. The third-order valence-corrected chi connectivity index (χ3v) is 5.93. The Morgan fingerprint density at radius 1 is 1.00 bits per heavy atom. The van der Waals surface area contributed by atoms with Gasteiger partial charge in [-0.05, 0) is 89.1 Å². The molecule has 0 aromatic heterocycles. The number of benzene rings is 1. The van der Waals surface area contributed by atoms with Crippen LogP contribution in [0, 0.1) is 0 Å². The number of methoxy groups -OCH3 is 1. The van der Waals surface area contributed by atoms with Gasteiger partial charge in [0.1, 0.15) is 12.7 Å². The van der Waals surface area contributed by atoms with Crippen LogP contribution in [-0.4, -0.2) is 80.5 Å². The molecule has 29 heavy (non-hydrogen) atoms. The van der Waals surface area contributed by atoms with E-state index in [0.29, 0.717) is 24.7 Å². The van der Waals surface area contributed by atoms with E-state index in [4.69, 9.17) is 9.47 Å². The van der Waals surface area contributed by atoms with Crippen molar-refractivity contribution in [1.82, 2.24) is 15.1 Å². The summed E-state index contributed by atoms with van der Waals surface area (Å²) in [6.45, 7) is 8.70. The van der Waals surface area contributed by atoms with Crippen LogP contribution >= 0.6 is 0 Å². The standard InChI is InChI=1S/C23H39N3O3/c1-28-22-9-8-20(17-24-10-7-15-25-11-5-6-12-25)16-23(22)29-19-21(27)18-26-13-3-2-4-14-26/h8-9,16,21,24,27H,2-7,10-15,17-19H2,1H3/t21-/m0/s1. The average molecular weight is 406 g/mol. The molecule has 2 saturated heterocycles. The van der Waals surface area contributed by atoms with E-state index >= 15 is 0 Å². The molecular formula is C23H39N3O3. The number of piperidine rings is 1. The van der Waals surface area contributed by atoms with Gasteiger partial charge in [-0.1, -0.05) is 12.5 Å². The van der Waals surface area contributed by atoms with Gasteiger partial charge < -0.3 is 29.7 Å². The summed E-state index contributed by atoms with van der Waals surface area (Å²) in [5.74, 6) is 1.43. The van der Waals surface area contributed by atoms with Crippen LogP contribution in [-0.2, 0) is 6.54 Å². The second-order valence-corrected chi connectivity index (χ2v) is 8.39. The molecule has 1 atom stereocenters. The molecule has 0 amide bonds. The third-order valence-electron chi connectivity index (χ3n) is 5.93. The zero-order chi connectivity index (χ0) is 20.3. The number of nitrogens with zero attached hydrogens (tertiary/aromatic N) is 2. The number of likely N-dealkylation sites (tertiary alicyclic amines) is 2. The number of hydrogen-bond donors (Lipinski definition) is 2. The molecule has 1 aromatic rings. The van der Waals surface area contributed by atoms with E-state index in [9.17, 15) is 5.11 Å². The van der Waals surface area contributed by atoms with Crippen molar-refractivity contribution in [2.24, 2.45) is 0 Å². The molecule has 0 aliphatic carbocycles. The van der Waals surface area contributed by atoms with Crippen LogP contribution < -0.4 is 14.8 Å². The summed E-state index contributed by atoms with van der Waals surface area (Å²) in [6, 6.07) is 6.05. The molecule has 0 radical (unpaired) electrons. The topological polar surface area (TPSA) is 57.2 Å². The monoisotopic (exact) mass is 405 g/mol. The van der Waals surface area contributed by atoms with Gasteiger partial charge in [0, 0.05) is 13.1 Å². The van der Waals surface area contributed by atoms with Crippen LogP contribution in [0.15, 0.2) is 18.2 Å². The van der Waals surface area contributed by atoms with Crippen molar-refractivity contribution in [3.8, 4) is 11.5 Å². The molecule has 0 saturated carbocycles. The Bertz CT molecular complexity index is 587. The normalized spacial score (nSPS) is 19.4. The van der Waals surface area contributed by atoms with Crippen molar-refractivity contribution < 1.29 is 14.6 Å². The molecule has 2 fully saturated rings. The maximum atomic E-state index is 10.4. The van der Waals surface area contributed by atoms with E-state index in [0.717, 1.165) is 26.2 Å². The van der Waals surface area contributed by atoms with E-state index in [-0.39, 0.29) is 0 Å². The molecule has 6 heteroatoms. The fourth-order valence-electron chi connectivity index (χ4n) is 4.29. The van der Waals surface area contributed by atoms with Gasteiger partial charge in [0.25, 0.3) is 0 Å². The summed E-state index contributed by atoms with van der Waals surface area (Å²) in [7, 11) is 1.66. The van der Waals surface area contributed by atoms with Crippen LogP contribution in [0.1, 0.15) is 44.1 Å². The molecule has 3 rings (SSSR count). The largest absolute Gasteiger partial charge is 0.493 e. The number of rotatable bonds is 12.